The van der Waals surface area contributed by atoms with Crippen molar-refractivity contribution in [3.05, 3.63) is 21.2 Å². The summed E-state index contributed by atoms with van der Waals surface area (Å²) in [5, 5.41) is 14.9. The van der Waals surface area contributed by atoms with Crippen molar-refractivity contribution in [2.24, 2.45) is 5.11 Å². The predicted molar refractivity (Wildman–Crippen MR) is 95.0 cm³/mol. The first-order valence-electron chi connectivity index (χ1n) is 8.03. The average molecular weight is 368 g/mol. The van der Waals surface area contributed by atoms with Gasteiger partial charge in [-0.15, -0.1) is 10.2 Å². The number of carbonyl (C=O) groups is 1. The van der Waals surface area contributed by atoms with Crippen molar-refractivity contribution < 1.29 is 9.53 Å². The molecule has 0 unspecified atom stereocenters. The summed E-state index contributed by atoms with van der Waals surface area (Å²) in [6, 6.07) is -0.0520. The van der Waals surface area contributed by atoms with Crippen molar-refractivity contribution in [2.45, 2.75) is 52.2 Å². The summed E-state index contributed by atoms with van der Waals surface area (Å²) in [6.45, 7) is 8.32. The van der Waals surface area contributed by atoms with Gasteiger partial charge in [0.15, 0.2) is 11.0 Å². The van der Waals surface area contributed by atoms with Gasteiger partial charge in [0.05, 0.1) is 5.69 Å². The number of hydrogen-bond acceptors (Lipinski definition) is 6. The van der Waals surface area contributed by atoms with E-state index >= 15 is 0 Å². The quantitative estimate of drug-likeness (QED) is 0.488. The first kappa shape index (κ1) is 19.1. The number of nitrogens with one attached hydrogen (secondary N) is 1. The number of hydrogen-bond donors (Lipinski definition) is 1. The van der Waals surface area contributed by atoms with Crippen molar-refractivity contribution in [2.75, 3.05) is 18.4 Å². The van der Waals surface area contributed by atoms with Crippen molar-refractivity contribution in [3.63, 3.8) is 0 Å². The number of likely N-dealkylation sites (tertiary alicyclic amines) is 1. The molecule has 0 spiro atoms. The van der Waals surface area contributed by atoms with E-state index in [0.29, 0.717) is 30.2 Å². The van der Waals surface area contributed by atoms with E-state index in [9.17, 15) is 4.79 Å². The Hall–Kier alpha value is -2.25. The average Bonchev–Trinajstić information content (AvgIpc) is 2.53. The van der Waals surface area contributed by atoms with Gasteiger partial charge in [-0.1, -0.05) is 16.7 Å². The highest BCUT2D eigenvalue weighted by Gasteiger charge is 2.28. The van der Waals surface area contributed by atoms with Gasteiger partial charge in [0.25, 0.3) is 0 Å². The molecule has 1 aromatic rings. The Morgan fingerprint density at radius 1 is 1.48 bits per heavy atom. The Balaban J connectivity index is 2.12. The molecule has 1 aromatic heterocycles. The summed E-state index contributed by atoms with van der Waals surface area (Å²) in [4.78, 5) is 16.7. The molecule has 1 fully saturated rings. The van der Waals surface area contributed by atoms with Gasteiger partial charge in [0.2, 0.25) is 0 Å². The Bertz CT molecular complexity index is 698. The van der Waals surface area contributed by atoms with Crippen molar-refractivity contribution in [3.8, 4) is 0 Å². The van der Waals surface area contributed by atoms with Crippen LogP contribution in [0.3, 0.4) is 0 Å². The molecule has 1 saturated heterocycles. The summed E-state index contributed by atoms with van der Waals surface area (Å²) in [6.07, 6.45) is 1.33. The van der Waals surface area contributed by atoms with Crippen LogP contribution in [0.1, 0.15) is 39.2 Å². The SMILES string of the molecule is Cc1c(Cl)nnc(N[C@@H]2CCCN(C(=O)OC(C)(C)C)C2)c1N=[N+]=[N-]. The summed E-state index contributed by atoms with van der Waals surface area (Å²) in [5.74, 6) is 0.357. The third-order valence-corrected chi connectivity index (χ3v) is 4.04. The number of nitrogens with zero attached hydrogens (tertiary/aromatic N) is 6. The molecule has 10 heteroatoms. The Labute approximate surface area is 151 Å². The van der Waals surface area contributed by atoms with Crippen LogP contribution >= 0.6 is 11.6 Å². The van der Waals surface area contributed by atoms with Crippen molar-refractivity contribution in [1.29, 1.82) is 0 Å². The number of ether oxygens (including phenoxy) is 1. The number of azide groups is 1. The molecule has 2 heterocycles. The molecule has 1 amide bonds. The van der Waals surface area contributed by atoms with E-state index in [1.165, 1.54) is 0 Å². The van der Waals surface area contributed by atoms with Crippen LogP contribution in [0, 0.1) is 6.92 Å². The van der Waals surface area contributed by atoms with Gasteiger partial charge in [0, 0.05) is 29.6 Å². The number of carbonyl (C=O) groups excluding carboxylic acids is 1. The zero-order valence-electron chi connectivity index (χ0n) is 14.8. The first-order chi connectivity index (χ1) is 11.7. The van der Waals surface area contributed by atoms with E-state index in [4.69, 9.17) is 21.9 Å². The Morgan fingerprint density at radius 3 is 2.84 bits per heavy atom. The van der Waals surface area contributed by atoms with E-state index < -0.39 is 5.60 Å². The number of halogens is 1. The largest absolute Gasteiger partial charge is 0.444 e. The van der Waals surface area contributed by atoms with Crippen LogP contribution in [0.4, 0.5) is 16.3 Å². The molecule has 0 aliphatic carbocycles. The van der Waals surface area contributed by atoms with E-state index in [1.54, 1.807) is 11.8 Å². The summed E-state index contributed by atoms with van der Waals surface area (Å²) in [5.41, 5.74) is 9.09. The second-order valence-electron chi connectivity index (χ2n) is 6.91. The number of amides is 1. The fourth-order valence-corrected chi connectivity index (χ4v) is 2.66. The minimum Gasteiger partial charge on any atom is -0.444 e. The van der Waals surface area contributed by atoms with E-state index in [1.807, 2.05) is 20.8 Å². The molecule has 136 valence electrons. The molecule has 9 nitrogen and oxygen atoms in total. The number of anilines is 1. The van der Waals surface area contributed by atoms with Gasteiger partial charge in [-0.25, -0.2) is 4.79 Å². The number of rotatable bonds is 3. The standard InChI is InChI=1S/C15H22ClN7O2/c1-9-11(19-22-17)13(21-20-12(9)16)18-10-6-5-7-23(8-10)14(24)25-15(2,3)4/h10H,5-8H2,1-4H3,(H,18,21)/t10-/m1/s1. The summed E-state index contributed by atoms with van der Waals surface area (Å²) in [7, 11) is 0. The normalized spacial score (nSPS) is 17.6. The molecule has 0 radical (unpaired) electrons. The van der Waals surface area contributed by atoms with Crippen molar-refractivity contribution in [1.82, 2.24) is 15.1 Å². The lowest BCUT2D eigenvalue weighted by Crippen LogP contribution is -2.47. The third-order valence-electron chi connectivity index (χ3n) is 3.69. The van der Waals surface area contributed by atoms with Crippen molar-refractivity contribution >= 4 is 29.2 Å². The zero-order chi connectivity index (χ0) is 18.6. The lowest BCUT2D eigenvalue weighted by Gasteiger charge is -2.34. The molecular formula is C15H22ClN7O2. The lowest BCUT2D eigenvalue weighted by molar-refractivity contribution is 0.0206. The summed E-state index contributed by atoms with van der Waals surface area (Å²) >= 11 is 5.94. The fraction of sp³-hybridized carbons (Fsp3) is 0.667. The first-order valence-corrected chi connectivity index (χ1v) is 8.41. The van der Waals surface area contributed by atoms with Crippen LogP contribution in [0.15, 0.2) is 5.11 Å². The maximum absolute atomic E-state index is 12.2. The van der Waals surface area contributed by atoms with E-state index in [2.05, 4.69) is 25.5 Å². The second kappa shape index (κ2) is 7.76. The monoisotopic (exact) mass is 367 g/mol. The molecule has 1 aliphatic rings. The number of piperidine rings is 1. The minimum atomic E-state index is -0.537. The van der Waals surface area contributed by atoms with Crippen LogP contribution in [0.5, 0.6) is 0 Å². The molecular weight excluding hydrogens is 346 g/mol. The minimum absolute atomic E-state index is 0.0520. The molecule has 0 saturated carbocycles. The second-order valence-corrected chi connectivity index (χ2v) is 7.27. The molecule has 1 atom stereocenters. The van der Waals surface area contributed by atoms with E-state index in [-0.39, 0.29) is 17.3 Å². The van der Waals surface area contributed by atoms with Gasteiger partial charge < -0.3 is 15.0 Å². The maximum Gasteiger partial charge on any atom is 0.410 e. The van der Waals surface area contributed by atoms with Crippen LogP contribution in [-0.2, 0) is 4.74 Å². The van der Waals surface area contributed by atoms with Gasteiger partial charge in [0.1, 0.15) is 5.60 Å². The molecule has 1 aliphatic heterocycles. The molecule has 0 bridgehead atoms. The topological polar surface area (TPSA) is 116 Å². The van der Waals surface area contributed by atoms with Gasteiger partial charge in [-0.05, 0) is 46.1 Å². The molecule has 1 N–H and O–H groups in total. The third kappa shape index (κ3) is 5.11. The number of aromatic nitrogens is 2. The van der Waals surface area contributed by atoms with Gasteiger partial charge in [-0.2, -0.15) is 0 Å². The van der Waals surface area contributed by atoms with Crippen LogP contribution in [0.25, 0.3) is 10.4 Å². The Morgan fingerprint density at radius 2 is 2.20 bits per heavy atom. The van der Waals surface area contributed by atoms with Crippen LogP contribution in [-0.4, -0.2) is 45.9 Å². The highest BCUT2D eigenvalue weighted by atomic mass is 35.5. The maximum atomic E-state index is 12.2. The highest BCUT2D eigenvalue weighted by molar-refractivity contribution is 6.30. The summed E-state index contributed by atoms with van der Waals surface area (Å²) < 4.78 is 5.42. The highest BCUT2D eigenvalue weighted by Crippen LogP contribution is 2.31. The van der Waals surface area contributed by atoms with Gasteiger partial charge >= 0.3 is 6.09 Å². The Kier molecular flexibility index (Phi) is 5.92. The molecule has 25 heavy (non-hydrogen) atoms. The van der Waals surface area contributed by atoms with Gasteiger partial charge in [-0.3, -0.25) is 0 Å². The fourth-order valence-electron chi connectivity index (χ4n) is 2.54. The molecule has 0 aromatic carbocycles. The molecule has 2 rings (SSSR count). The van der Waals surface area contributed by atoms with Crippen LogP contribution in [0.2, 0.25) is 5.15 Å². The zero-order valence-corrected chi connectivity index (χ0v) is 15.5. The predicted octanol–water partition coefficient (Wildman–Crippen LogP) is 4.19. The lowest BCUT2D eigenvalue weighted by atomic mass is 10.1. The van der Waals surface area contributed by atoms with Crippen LogP contribution < -0.4 is 5.32 Å². The van der Waals surface area contributed by atoms with E-state index in [0.717, 1.165) is 12.8 Å². The smallest absolute Gasteiger partial charge is 0.410 e.